The molecule has 206 valence electrons. The van der Waals surface area contributed by atoms with Crippen molar-refractivity contribution in [2.24, 2.45) is 5.14 Å². The van der Waals surface area contributed by atoms with Gasteiger partial charge in [0.1, 0.15) is 0 Å². The number of alkyl halides is 1. The fourth-order valence-corrected chi connectivity index (χ4v) is 5.03. The monoisotopic (exact) mass is 911 g/mol. The van der Waals surface area contributed by atoms with Crippen molar-refractivity contribution in [3.63, 3.8) is 0 Å². The van der Waals surface area contributed by atoms with Crippen molar-refractivity contribution in [3.05, 3.63) is 103 Å². The van der Waals surface area contributed by atoms with Crippen molar-refractivity contribution in [2.45, 2.75) is 16.8 Å². The first-order chi connectivity index (χ1) is 18.2. The molecule has 40 heavy (non-hydrogen) atoms. The molecule has 0 spiro atoms. The summed E-state index contributed by atoms with van der Waals surface area (Å²) in [6.45, 7) is 0. The van der Waals surface area contributed by atoms with E-state index in [1.54, 1.807) is 30.3 Å². The van der Waals surface area contributed by atoms with E-state index in [2.05, 4.69) is 75.9 Å². The molecule has 0 aromatic heterocycles. The Hall–Kier alpha value is 2.44. The van der Waals surface area contributed by atoms with Gasteiger partial charge in [-0.15, -0.1) is 0 Å². The summed E-state index contributed by atoms with van der Waals surface area (Å²) in [6.07, 6.45) is 0. The van der Waals surface area contributed by atoms with Crippen LogP contribution in [0.5, 0.6) is 0 Å². The van der Waals surface area contributed by atoms with E-state index in [1.165, 1.54) is 49.2 Å². The molecule has 3 aromatic carbocycles. The molecule has 0 aliphatic heterocycles. The number of rotatable bonds is 5. The zero-order valence-corrected chi connectivity index (χ0v) is 37.2. The Morgan fingerprint density at radius 1 is 0.800 bits per heavy atom. The minimum atomic E-state index is -3.41. The molecular weight excluding hydrogens is 895 g/mol. The van der Waals surface area contributed by atoms with Gasteiger partial charge in [-0.2, -0.15) is 12.6 Å². The molecule has 0 aliphatic carbocycles. The van der Waals surface area contributed by atoms with Gasteiger partial charge in [0.15, 0.2) is 0 Å². The van der Waals surface area contributed by atoms with Gasteiger partial charge in [0.25, 0.3) is 0 Å². The van der Waals surface area contributed by atoms with Crippen molar-refractivity contribution < 1.29 is 59.4 Å². The van der Waals surface area contributed by atoms with Gasteiger partial charge in [0.2, 0.25) is 20.2 Å². The molecular formula is C21H20Br4NNa3O7S4. The number of hydrogen-bond acceptors (Lipinski definition) is 7. The summed E-state index contributed by atoms with van der Waals surface area (Å²) in [6, 6.07) is 22.5. The Bertz CT molecular complexity index is 1440. The first-order valence-corrected chi connectivity index (χ1v) is 27.3. The average molecular weight is 915 g/mol. The van der Waals surface area contributed by atoms with E-state index in [4.69, 9.17) is 17.8 Å². The van der Waals surface area contributed by atoms with Crippen LogP contribution in [0.15, 0.2) is 86.2 Å². The van der Waals surface area contributed by atoms with E-state index in [0.29, 0.717) is 5.56 Å². The third kappa shape index (κ3) is 30.5. The molecule has 0 amide bonds. The van der Waals surface area contributed by atoms with Crippen LogP contribution in [0.2, 0.25) is 0 Å². The quantitative estimate of drug-likeness (QED) is 0.233. The van der Waals surface area contributed by atoms with Gasteiger partial charge in [-0.25, -0.2) is 13.6 Å². The van der Waals surface area contributed by atoms with E-state index in [1.807, 2.05) is 30.3 Å². The van der Waals surface area contributed by atoms with Crippen LogP contribution in [0, 0.1) is 0 Å². The molecule has 1 atom stereocenters. The molecule has 0 aliphatic rings. The third-order valence-electron chi connectivity index (χ3n) is 3.53. The molecule has 3 rings (SSSR count). The molecule has 8 nitrogen and oxygen atoms in total. The SMILES string of the molecule is BrCc1cccc(Br)c1.NS(=O)(=O)Cc1cccc(Br)c1.O=S([O-])Cc1cccc(Br)c1.O=S=S(=O)=O.[Na+].[Na][Na]. The third-order valence-corrected chi connectivity index (χ3v) is 7.41. The Balaban J connectivity index is -0.000000458. The summed E-state index contributed by atoms with van der Waals surface area (Å²) in [5, 5.41) is 5.80. The maximum absolute atomic E-state index is 10.7. The van der Waals surface area contributed by atoms with Gasteiger partial charge in [-0.1, -0.05) is 111 Å². The van der Waals surface area contributed by atoms with Gasteiger partial charge >= 0.3 is 82.4 Å². The Kier molecular flexibility index (Phi) is 33.8. The Labute approximate surface area is 326 Å². The van der Waals surface area contributed by atoms with E-state index < -0.39 is 40.6 Å². The second-order valence-corrected chi connectivity index (χ2v) is 14.1. The number of hydrogen-bond donors (Lipinski definition) is 1. The van der Waals surface area contributed by atoms with Crippen molar-refractivity contribution in [3.8, 4) is 0 Å². The second kappa shape index (κ2) is 28.9. The zero-order chi connectivity index (χ0) is 30.4. The number of benzene rings is 3. The van der Waals surface area contributed by atoms with Crippen LogP contribution >= 0.6 is 63.7 Å². The summed E-state index contributed by atoms with van der Waals surface area (Å²) in [5.41, 5.74) is 2.78. The fourth-order valence-electron chi connectivity index (χ4n) is 2.24. The normalized spacial score (nSPS) is 10.2. The molecule has 1 unspecified atom stereocenters. The summed E-state index contributed by atoms with van der Waals surface area (Å²) in [4.78, 5) is 0. The molecule has 0 fully saturated rings. The van der Waals surface area contributed by atoms with Crippen LogP contribution < -0.4 is 34.7 Å². The number of halogens is 4. The molecule has 3 aromatic rings. The van der Waals surface area contributed by atoms with Crippen molar-refractivity contribution in [2.75, 3.05) is 0 Å². The summed E-state index contributed by atoms with van der Waals surface area (Å²) >= 11 is 14.1. The standard InChI is InChI=1S/C7H6Br2.C7H8BrNO2S.C7H7BrO2S.3Na.O3S2/c8-5-6-2-1-3-7(9)4-6;8-7-3-1-2-6(4-7)5-12(9,10)11;8-7-3-1-2-6(4-7)5-11(9)10;;;;1-4-5(2)3/h1-4H,5H2;1-4H,5H2,(H2,9,10,11);1-4H,5H2,(H,9,10);;;;/q;;;;;+1;/p-1. The second-order valence-electron chi connectivity index (χ2n) is 6.55. The fraction of sp³-hybridized carbons (Fsp3) is 0.143. The van der Waals surface area contributed by atoms with Crippen LogP contribution in [0.25, 0.3) is 0 Å². The molecule has 0 radical (unpaired) electrons. The summed E-state index contributed by atoms with van der Waals surface area (Å²) in [5.74, 6) is -0.0358. The number of nitrogens with two attached hydrogens (primary N) is 1. The number of primary sulfonamides is 1. The van der Waals surface area contributed by atoms with Gasteiger partial charge in [0.05, 0.1) is 5.75 Å². The van der Waals surface area contributed by atoms with E-state index in [0.717, 1.165) is 24.3 Å². The van der Waals surface area contributed by atoms with Gasteiger partial charge in [0, 0.05) is 24.5 Å². The van der Waals surface area contributed by atoms with E-state index in [-0.39, 0.29) is 41.1 Å². The van der Waals surface area contributed by atoms with E-state index in [9.17, 15) is 17.2 Å². The van der Waals surface area contributed by atoms with Crippen molar-refractivity contribution in [1.82, 2.24) is 0 Å². The maximum atomic E-state index is 10.7. The van der Waals surface area contributed by atoms with Gasteiger partial charge in [-0.3, -0.25) is 4.21 Å². The van der Waals surface area contributed by atoms with Crippen molar-refractivity contribution in [1.29, 1.82) is 0 Å². The minimum absolute atomic E-state index is 0. The van der Waals surface area contributed by atoms with E-state index >= 15 is 0 Å². The predicted octanol–water partition coefficient (Wildman–Crippen LogP) is 1.65. The van der Waals surface area contributed by atoms with Crippen LogP contribution in [-0.2, 0) is 57.4 Å². The molecule has 0 heterocycles. The average Bonchev–Trinajstić information content (AvgIpc) is 2.85. The van der Waals surface area contributed by atoms with Gasteiger partial charge in [-0.05, 0) is 53.1 Å². The zero-order valence-electron chi connectivity index (χ0n) is 21.6. The molecule has 2 N–H and O–H groups in total. The van der Waals surface area contributed by atoms with Crippen LogP contribution in [0.4, 0.5) is 0 Å². The first kappa shape index (κ1) is 46.9. The van der Waals surface area contributed by atoms with Gasteiger partial charge < -0.3 is 4.55 Å². The van der Waals surface area contributed by atoms with Crippen molar-refractivity contribution >= 4 is 148 Å². The Morgan fingerprint density at radius 3 is 1.45 bits per heavy atom. The molecule has 0 saturated heterocycles. The van der Waals surface area contributed by atoms with Crippen LogP contribution in [0.3, 0.4) is 0 Å². The summed E-state index contributed by atoms with van der Waals surface area (Å²) in [7, 11) is -6.33. The first-order valence-electron chi connectivity index (χ1n) is 10.5. The Morgan fingerprint density at radius 2 is 1.15 bits per heavy atom. The molecule has 19 heteroatoms. The van der Waals surface area contributed by atoms with Crippen LogP contribution in [0.1, 0.15) is 16.7 Å². The van der Waals surface area contributed by atoms with Crippen LogP contribution in [-0.4, -0.2) is 73.4 Å². The topological polar surface area (TPSA) is 152 Å². The predicted molar refractivity (Wildman–Crippen MR) is 173 cm³/mol. The summed E-state index contributed by atoms with van der Waals surface area (Å²) < 4.78 is 71.7. The molecule has 0 bridgehead atoms. The number of sulfonamides is 1. The molecule has 0 saturated carbocycles.